The second-order valence-corrected chi connectivity index (χ2v) is 7.01. The third-order valence-electron chi connectivity index (χ3n) is 4.92. The van der Waals surface area contributed by atoms with Crippen LogP contribution in [0.2, 0.25) is 0 Å². The highest BCUT2D eigenvalue weighted by Gasteiger charge is 2.42. The Morgan fingerprint density at radius 2 is 1.94 bits per heavy atom. The minimum absolute atomic E-state index is 0.0583. The van der Waals surface area contributed by atoms with Crippen LogP contribution >= 0.6 is 0 Å². The molecule has 0 radical (unpaired) electrons. The molecule has 0 bridgehead atoms. The Morgan fingerprint density at radius 1 is 1.23 bits per heavy atom. The van der Waals surface area contributed by atoms with E-state index in [9.17, 15) is 19.5 Å². The summed E-state index contributed by atoms with van der Waals surface area (Å²) in [6.07, 6.45) is 3.16. The molecular weight excluding hydrogens is 404 g/mol. The predicted molar refractivity (Wildman–Crippen MR) is 114 cm³/mol. The number of esters is 1. The molecule has 1 aliphatic heterocycles. The molecule has 0 saturated carbocycles. The lowest BCUT2D eigenvalue weighted by Gasteiger charge is -2.29. The molecule has 170 valence electrons. The van der Waals surface area contributed by atoms with Gasteiger partial charge in [-0.15, -0.1) is 0 Å². The summed E-state index contributed by atoms with van der Waals surface area (Å²) in [4.78, 5) is 39.1. The van der Waals surface area contributed by atoms with Crippen molar-refractivity contribution in [1.29, 1.82) is 0 Å². The molecule has 1 saturated heterocycles. The number of hydrogen-bond acceptors (Lipinski definition) is 6. The predicted octanol–water partition coefficient (Wildman–Crippen LogP) is 2.61. The Balaban J connectivity index is 2.02. The Labute approximate surface area is 182 Å². The van der Waals surface area contributed by atoms with E-state index >= 15 is 0 Å². The molecule has 1 aliphatic rings. The lowest BCUT2D eigenvalue weighted by Crippen LogP contribution is -2.48. The Kier molecular flexibility index (Phi) is 9.17. The fourth-order valence-corrected chi connectivity index (χ4v) is 3.35. The van der Waals surface area contributed by atoms with Gasteiger partial charge in [-0.25, -0.2) is 9.59 Å². The second-order valence-electron chi connectivity index (χ2n) is 7.01. The number of amides is 2. The number of carboxylic acid groups (broad SMARTS) is 1. The lowest BCUT2D eigenvalue weighted by atomic mass is 10.2. The number of rotatable bonds is 10. The zero-order valence-electron chi connectivity index (χ0n) is 18.2. The molecule has 2 amide bonds. The van der Waals surface area contributed by atoms with Crippen molar-refractivity contribution in [3.63, 3.8) is 0 Å². The van der Waals surface area contributed by atoms with E-state index in [-0.39, 0.29) is 32.5 Å². The summed E-state index contributed by atoms with van der Waals surface area (Å²) in [7, 11) is 1.57. The number of carboxylic acids is 1. The van der Waals surface area contributed by atoms with Gasteiger partial charge in [-0.05, 0) is 37.6 Å². The van der Waals surface area contributed by atoms with Gasteiger partial charge in [0.15, 0.2) is 0 Å². The van der Waals surface area contributed by atoms with Crippen LogP contribution in [0.1, 0.15) is 32.3 Å². The van der Waals surface area contributed by atoms with Crippen molar-refractivity contribution < 1.29 is 33.7 Å². The molecule has 1 fully saturated rings. The van der Waals surface area contributed by atoms with E-state index in [0.717, 1.165) is 5.56 Å². The minimum Gasteiger partial charge on any atom is -0.504 e. The number of urea groups is 1. The number of methoxy groups -OCH3 is 1. The minimum atomic E-state index is -1.08. The highest BCUT2D eigenvalue weighted by atomic mass is 16.5. The average Bonchev–Trinajstić information content (AvgIpc) is 3.18. The molecule has 1 aromatic rings. The first-order chi connectivity index (χ1) is 14.9. The quantitative estimate of drug-likeness (QED) is 0.446. The number of ether oxygens (including phenoxy) is 3. The molecule has 2 atom stereocenters. The third kappa shape index (κ3) is 6.91. The Bertz CT molecular complexity index is 779. The summed E-state index contributed by atoms with van der Waals surface area (Å²) in [6, 6.07) is 5.86. The molecule has 1 N–H and O–H groups in total. The summed E-state index contributed by atoms with van der Waals surface area (Å²) in [5, 5.41) is 9.62. The highest BCUT2D eigenvalue weighted by Crippen LogP contribution is 2.25. The molecular formula is C22H30N2O7. The van der Waals surface area contributed by atoms with Crippen LogP contribution in [0.4, 0.5) is 4.79 Å². The van der Waals surface area contributed by atoms with Crippen LogP contribution in [0.25, 0.3) is 6.08 Å². The van der Waals surface area contributed by atoms with Crippen molar-refractivity contribution in [2.45, 2.75) is 38.8 Å². The molecule has 31 heavy (non-hydrogen) atoms. The number of benzene rings is 1. The van der Waals surface area contributed by atoms with E-state index in [1.54, 1.807) is 45.4 Å². The first-order valence-corrected chi connectivity index (χ1v) is 10.3. The van der Waals surface area contributed by atoms with E-state index in [1.807, 2.05) is 12.1 Å². The fraction of sp³-hybridized carbons (Fsp3) is 0.500. The van der Waals surface area contributed by atoms with Crippen molar-refractivity contribution >= 4 is 24.0 Å². The van der Waals surface area contributed by atoms with Gasteiger partial charge in [-0.1, -0.05) is 12.1 Å². The van der Waals surface area contributed by atoms with Crippen molar-refractivity contribution in [2.75, 3.05) is 33.4 Å². The first kappa shape index (κ1) is 24.0. The SMILES string of the molecule is CCOC(=O)CCN(CC)C(=O)N1CC(Oc2ccc(/C=C/OC)cc2)C[C@H]1C(=O)O. The molecule has 0 aromatic heterocycles. The molecule has 1 unspecified atom stereocenters. The zero-order valence-corrected chi connectivity index (χ0v) is 18.2. The smallest absolute Gasteiger partial charge is 0.326 e. The van der Waals surface area contributed by atoms with Gasteiger partial charge in [0.25, 0.3) is 0 Å². The summed E-state index contributed by atoms with van der Waals surface area (Å²) < 4.78 is 15.7. The van der Waals surface area contributed by atoms with E-state index < -0.39 is 30.1 Å². The zero-order chi connectivity index (χ0) is 22.8. The number of aliphatic carboxylic acids is 1. The van der Waals surface area contributed by atoms with E-state index in [0.29, 0.717) is 12.3 Å². The number of hydrogen-bond donors (Lipinski definition) is 1. The molecule has 9 heteroatoms. The average molecular weight is 434 g/mol. The maximum Gasteiger partial charge on any atom is 0.326 e. The van der Waals surface area contributed by atoms with Crippen molar-refractivity contribution in [1.82, 2.24) is 9.80 Å². The van der Waals surface area contributed by atoms with Gasteiger partial charge >= 0.3 is 18.0 Å². The van der Waals surface area contributed by atoms with Gasteiger partial charge in [-0.2, -0.15) is 0 Å². The van der Waals surface area contributed by atoms with Crippen LogP contribution in [-0.2, 0) is 19.1 Å². The van der Waals surface area contributed by atoms with E-state index in [2.05, 4.69) is 0 Å². The summed E-state index contributed by atoms with van der Waals surface area (Å²) in [6.45, 7) is 4.43. The lowest BCUT2D eigenvalue weighted by molar-refractivity contribution is -0.144. The van der Waals surface area contributed by atoms with Crippen molar-refractivity contribution in [3.8, 4) is 5.75 Å². The van der Waals surface area contributed by atoms with Gasteiger partial charge in [-0.3, -0.25) is 4.79 Å². The van der Waals surface area contributed by atoms with Crippen molar-refractivity contribution in [3.05, 3.63) is 36.1 Å². The van der Waals surface area contributed by atoms with Crippen LogP contribution in [-0.4, -0.2) is 78.4 Å². The molecule has 9 nitrogen and oxygen atoms in total. The number of likely N-dealkylation sites (tertiary alicyclic amines) is 1. The summed E-state index contributed by atoms with van der Waals surface area (Å²) in [5.74, 6) is -0.886. The number of carbonyl (C=O) groups excluding carboxylic acids is 2. The number of nitrogens with zero attached hydrogens (tertiary/aromatic N) is 2. The standard InChI is InChI=1S/C22H30N2O7/c1-4-23(12-10-20(25)30-5-2)22(28)24-15-18(14-19(24)21(26)27)31-17-8-6-16(7-9-17)11-13-29-3/h6-9,11,13,18-19H,4-5,10,12,14-15H2,1-3H3,(H,26,27)/b13-11+/t18?,19-/m0/s1. The Hall–Kier alpha value is -3.23. The normalized spacial score (nSPS) is 18.1. The highest BCUT2D eigenvalue weighted by molar-refractivity contribution is 5.84. The van der Waals surface area contributed by atoms with Crippen LogP contribution in [0, 0.1) is 0 Å². The van der Waals surface area contributed by atoms with Gasteiger partial charge < -0.3 is 29.1 Å². The summed E-state index contributed by atoms with van der Waals surface area (Å²) in [5.41, 5.74) is 0.932. The van der Waals surface area contributed by atoms with Crippen LogP contribution in [0.15, 0.2) is 30.5 Å². The maximum atomic E-state index is 13.0. The van der Waals surface area contributed by atoms with Crippen molar-refractivity contribution in [2.24, 2.45) is 0 Å². The monoisotopic (exact) mass is 434 g/mol. The number of carbonyl (C=O) groups is 3. The molecule has 0 aliphatic carbocycles. The third-order valence-corrected chi connectivity index (χ3v) is 4.92. The van der Waals surface area contributed by atoms with Gasteiger partial charge in [0.05, 0.1) is 32.9 Å². The molecule has 0 spiro atoms. The fourth-order valence-electron chi connectivity index (χ4n) is 3.35. The van der Waals surface area contributed by atoms with Gasteiger partial charge in [0.2, 0.25) is 0 Å². The summed E-state index contributed by atoms with van der Waals surface area (Å²) >= 11 is 0. The second kappa shape index (κ2) is 11.8. The molecule has 1 heterocycles. The van der Waals surface area contributed by atoms with Crippen LogP contribution in [0.5, 0.6) is 5.75 Å². The Morgan fingerprint density at radius 3 is 2.52 bits per heavy atom. The topological polar surface area (TPSA) is 106 Å². The van der Waals surface area contributed by atoms with E-state index in [1.165, 1.54) is 9.80 Å². The largest absolute Gasteiger partial charge is 0.504 e. The first-order valence-electron chi connectivity index (χ1n) is 10.3. The van der Waals surface area contributed by atoms with Crippen LogP contribution < -0.4 is 4.74 Å². The molecule has 1 aromatic carbocycles. The van der Waals surface area contributed by atoms with Gasteiger partial charge in [0.1, 0.15) is 17.9 Å². The molecule has 2 rings (SSSR count). The van der Waals surface area contributed by atoms with E-state index in [4.69, 9.17) is 14.2 Å². The van der Waals surface area contributed by atoms with Gasteiger partial charge in [0, 0.05) is 19.5 Å². The van der Waals surface area contributed by atoms with Crippen LogP contribution in [0.3, 0.4) is 0 Å². The maximum absolute atomic E-state index is 13.0.